The summed E-state index contributed by atoms with van der Waals surface area (Å²) in [6, 6.07) is 11.1. The fourth-order valence-electron chi connectivity index (χ4n) is 1.90. The monoisotopic (exact) mass is 190 g/mol. The minimum absolute atomic E-state index is 0.592. The maximum atomic E-state index is 2.32. The summed E-state index contributed by atoms with van der Waals surface area (Å²) in [5, 5.41) is 2.94. The van der Waals surface area contributed by atoms with Crippen LogP contribution in [0.3, 0.4) is 0 Å². The third kappa shape index (κ3) is 3.55. The highest BCUT2D eigenvalue weighted by Crippen LogP contribution is 2.06. The van der Waals surface area contributed by atoms with Crippen molar-refractivity contribution in [3.8, 4) is 0 Å². The lowest BCUT2D eigenvalue weighted by molar-refractivity contribution is 1.01. The van der Waals surface area contributed by atoms with E-state index < -0.39 is 14.1 Å². The van der Waals surface area contributed by atoms with E-state index in [0.29, 0.717) is 0 Å². The Labute approximate surface area is 86.4 Å². The van der Waals surface area contributed by atoms with Crippen LogP contribution in [0.4, 0.5) is 0 Å². The smallest absolute Gasteiger partial charge is 0.110 e. The molecular weight excluding hydrogens is 171 g/mol. The summed E-state index contributed by atoms with van der Waals surface area (Å²) in [7, 11) is 0. The fourth-order valence-corrected chi connectivity index (χ4v) is 5.02. The molecule has 0 aliphatic rings. The average molecular weight is 190 g/mol. The van der Waals surface area contributed by atoms with Crippen LogP contribution in [-0.4, -0.2) is 14.1 Å². The molecule has 0 N–H and O–H groups in total. The van der Waals surface area contributed by atoms with Gasteiger partial charge >= 0.3 is 14.1 Å². The van der Waals surface area contributed by atoms with Crippen LogP contribution in [0, 0.1) is 0 Å². The second kappa shape index (κ2) is 6.24. The molecule has 1 rings (SSSR count). The van der Waals surface area contributed by atoms with Crippen molar-refractivity contribution in [2.24, 2.45) is 0 Å². The van der Waals surface area contributed by atoms with Gasteiger partial charge in [-0.1, -0.05) is 67.6 Å². The molecule has 1 aromatic rings. The largest absolute Gasteiger partial charge is 0.305 e. The van der Waals surface area contributed by atoms with Crippen molar-refractivity contribution in [3.63, 3.8) is 0 Å². The first-order chi connectivity index (χ1) is 6.38. The van der Waals surface area contributed by atoms with Gasteiger partial charge in [0.15, 0.2) is 0 Å². The summed E-state index contributed by atoms with van der Waals surface area (Å²) in [6.07, 6.45) is 2.71. The molecule has 0 saturated carbocycles. The first-order valence-electron chi connectivity index (χ1n) is 5.43. The fraction of sp³-hybridized carbons (Fsp3) is 0.500. The summed E-state index contributed by atoms with van der Waals surface area (Å²) < 4.78 is 1.66. The van der Waals surface area contributed by atoms with Crippen LogP contribution in [0.15, 0.2) is 30.3 Å². The second-order valence-corrected chi connectivity index (χ2v) is 6.90. The first kappa shape index (κ1) is 10.8. The molecule has 1 heteroatoms. The van der Waals surface area contributed by atoms with Crippen LogP contribution in [0.2, 0.25) is 10.6 Å². The number of hydrogen-bond acceptors (Lipinski definition) is 0. The predicted molar refractivity (Wildman–Crippen MR) is 62.0 cm³/mol. The number of benzene rings is 1. The Morgan fingerprint density at radius 3 is 1.92 bits per heavy atom. The van der Waals surface area contributed by atoms with Gasteiger partial charge in [-0.25, -0.2) is 0 Å². The van der Waals surface area contributed by atoms with Crippen LogP contribution in [0.25, 0.3) is 0 Å². The third-order valence-electron chi connectivity index (χ3n) is 2.55. The Kier molecular flexibility index (Phi) is 5.20. The lowest BCUT2D eigenvalue weighted by atomic mass is 10.4. The van der Waals surface area contributed by atoms with E-state index in [2.05, 4.69) is 44.2 Å². The van der Waals surface area contributed by atoms with Crippen molar-refractivity contribution in [3.05, 3.63) is 30.3 Å². The van der Waals surface area contributed by atoms with Gasteiger partial charge < -0.3 is 0 Å². The van der Waals surface area contributed by atoms with Gasteiger partial charge in [0.2, 0.25) is 0 Å². The molecule has 0 unspecified atom stereocenters. The SMILES string of the molecule is CC[CH2][Al]([CH2]CC)[c]1ccccc1. The molecule has 0 nitrogen and oxygen atoms in total. The molecule has 0 atom stereocenters. The van der Waals surface area contributed by atoms with Gasteiger partial charge in [0, 0.05) is 0 Å². The predicted octanol–water partition coefficient (Wildman–Crippen LogP) is 3.21. The molecule has 0 saturated heterocycles. The zero-order chi connectivity index (χ0) is 9.52. The van der Waals surface area contributed by atoms with E-state index in [4.69, 9.17) is 0 Å². The Balaban J connectivity index is 2.64. The lowest BCUT2D eigenvalue weighted by Gasteiger charge is -2.09. The average Bonchev–Trinajstić information content (AvgIpc) is 2.19. The summed E-state index contributed by atoms with van der Waals surface area (Å²) in [5.74, 6) is 0. The normalized spacial score (nSPS) is 10.0. The summed E-state index contributed by atoms with van der Waals surface area (Å²) in [4.78, 5) is 0. The van der Waals surface area contributed by atoms with Gasteiger partial charge in [-0.15, -0.1) is 4.43 Å². The highest BCUT2D eigenvalue weighted by molar-refractivity contribution is 6.73. The van der Waals surface area contributed by atoms with E-state index in [-0.39, 0.29) is 0 Å². The van der Waals surface area contributed by atoms with E-state index in [1.165, 1.54) is 23.4 Å². The van der Waals surface area contributed by atoms with Gasteiger partial charge in [-0.2, -0.15) is 0 Å². The Bertz CT molecular complexity index is 212. The standard InChI is InChI=1S/C6H5.2C3H7.Al/c1-2-4-6-5-3-1;2*1-3-2;/h1-5H;2*1,3H2,2H3;. The molecule has 13 heavy (non-hydrogen) atoms. The van der Waals surface area contributed by atoms with Gasteiger partial charge in [0.1, 0.15) is 0 Å². The second-order valence-electron chi connectivity index (χ2n) is 3.68. The molecule has 0 radical (unpaired) electrons. The molecule has 0 aliphatic heterocycles. The Morgan fingerprint density at radius 1 is 0.923 bits per heavy atom. The van der Waals surface area contributed by atoms with Gasteiger partial charge in [-0.05, 0) is 0 Å². The quantitative estimate of drug-likeness (QED) is 0.625. The van der Waals surface area contributed by atoms with E-state index in [0.717, 1.165) is 0 Å². The summed E-state index contributed by atoms with van der Waals surface area (Å²) in [6.45, 7) is 4.61. The summed E-state index contributed by atoms with van der Waals surface area (Å²) in [5.41, 5.74) is 0. The van der Waals surface area contributed by atoms with Gasteiger partial charge in [0.25, 0.3) is 0 Å². The lowest BCUT2D eigenvalue weighted by Crippen LogP contribution is -2.28. The highest BCUT2D eigenvalue weighted by atomic mass is 27.2. The first-order valence-corrected chi connectivity index (χ1v) is 7.64. The minimum atomic E-state index is -0.592. The van der Waals surface area contributed by atoms with E-state index in [1.54, 1.807) is 4.43 Å². The van der Waals surface area contributed by atoms with Crippen molar-refractivity contribution in [2.75, 3.05) is 0 Å². The number of rotatable bonds is 5. The molecule has 0 amide bonds. The van der Waals surface area contributed by atoms with Crippen LogP contribution in [0.1, 0.15) is 26.7 Å². The maximum absolute atomic E-state index is 2.32. The Hall–Kier alpha value is -0.248. The molecule has 1 aromatic carbocycles. The van der Waals surface area contributed by atoms with Gasteiger partial charge in [0.05, 0.1) is 0 Å². The van der Waals surface area contributed by atoms with Crippen molar-refractivity contribution in [2.45, 2.75) is 37.3 Å². The third-order valence-corrected chi connectivity index (χ3v) is 6.42. The molecule has 70 valence electrons. The molecule has 0 aliphatic carbocycles. The molecule has 0 aromatic heterocycles. The number of hydrogen-bond donors (Lipinski definition) is 0. The molecular formula is C12H19Al. The van der Waals surface area contributed by atoms with Gasteiger partial charge in [-0.3, -0.25) is 0 Å². The molecule has 0 spiro atoms. The maximum Gasteiger partial charge on any atom is 0.305 e. The minimum Gasteiger partial charge on any atom is -0.110 e. The van der Waals surface area contributed by atoms with Crippen molar-refractivity contribution in [1.82, 2.24) is 0 Å². The van der Waals surface area contributed by atoms with Crippen LogP contribution in [-0.2, 0) is 0 Å². The zero-order valence-corrected chi connectivity index (χ0v) is 9.95. The topological polar surface area (TPSA) is 0 Å². The van der Waals surface area contributed by atoms with E-state index in [9.17, 15) is 0 Å². The zero-order valence-electron chi connectivity index (χ0n) is 8.79. The summed E-state index contributed by atoms with van der Waals surface area (Å²) >= 11 is -0.592. The van der Waals surface area contributed by atoms with Crippen molar-refractivity contribution >= 4 is 18.6 Å². The van der Waals surface area contributed by atoms with E-state index >= 15 is 0 Å². The van der Waals surface area contributed by atoms with Crippen LogP contribution >= 0.6 is 0 Å². The van der Waals surface area contributed by atoms with Crippen molar-refractivity contribution in [1.29, 1.82) is 0 Å². The van der Waals surface area contributed by atoms with E-state index in [1.807, 2.05) is 0 Å². The van der Waals surface area contributed by atoms with Crippen molar-refractivity contribution < 1.29 is 0 Å². The highest BCUT2D eigenvalue weighted by Gasteiger charge is 2.16. The van der Waals surface area contributed by atoms with Crippen LogP contribution < -0.4 is 4.43 Å². The molecule has 0 heterocycles. The van der Waals surface area contributed by atoms with Crippen LogP contribution in [0.5, 0.6) is 0 Å². The molecule has 0 fully saturated rings. The Morgan fingerprint density at radius 2 is 1.46 bits per heavy atom. The molecule has 0 bridgehead atoms.